The first-order chi connectivity index (χ1) is 12.4. The van der Waals surface area contributed by atoms with Crippen molar-refractivity contribution in [1.29, 1.82) is 0 Å². The molecule has 1 aliphatic carbocycles. The van der Waals surface area contributed by atoms with E-state index in [1.165, 1.54) is 6.92 Å². The Labute approximate surface area is 155 Å². The molecule has 0 saturated heterocycles. The van der Waals surface area contributed by atoms with E-state index in [9.17, 15) is 9.59 Å². The lowest BCUT2D eigenvalue weighted by molar-refractivity contribution is -0.150. The first-order valence-electron chi connectivity index (χ1n) is 8.59. The van der Waals surface area contributed by atoms with Crippen molar-refractivity contribution in [3.05, 3.63) is 35.5 Å². The van der Waals surface area contributed by atoms with Crippen molar-refractivity contribution in [1.82, 2.24) is 0 Å². The van der Waals surface area contributed by atoms with E-state index in [1.54, 1.807) is 13.0 Å². The van der Waals surface area contributed by atoms with Crippen LogP contribution in [0.25, 0.3) is 9.69 Å². The first kappa shape index (κ1) is 21.3. The molecule has 1 fully saturated rings. The molecule has 1 aliphatic rings. The average molecular weight is 356 g/mol. The average Bonchev–Trinajstić information content (AvgIpc) is 2.64. The van der Waals surface area contributed by atoms with Gasteiger partial charge in [-0.2, -0.15) is 0 Å². The van der Waals surface area contributed by atoms with Crippen LogP contribution in [-0.4, -0.2) is 30.8 Å². The molecule has 1 saturated carbocycles. The van der Waals surface area contributed by atoms with Crippen molar-refractivity contribution in [2.24, 2.45) is 17.8 Å². The highest BCUT2D eigenvalue weighted by atomic mass is 16.5. The van der Waals surface area contributed by atoms with Crippen molar-refractivity contribution in [3.8, 4) is 11.8 Å². The molecule has 0 heterocycles. The number of esters is 2. The maximum atomic E-state index is 12.0. The minimum atomic E-state index is -1.32. The second-order valence-corrected chi connectivity index (χ2v) is 6.18. The van der Waals surface area contributed by atoms with Crippen molar-refractivity contribution in [3.63, 3.8) is 0 Å². The Morgan fingerprint density at radius 1 is 1.27 bits per heavy atom. The minimum Gasteiger partial charge on any atom is -0.466 e. The molecule has 6 heteroatoms. The van der Waals surface area contributed by atoms with E-state index >= 15 is 0 Å². The molecule has 0 N–H and O–H groups in total. The van der Waals surface area contributed by atoms with Gasteiger partial charge in [0, 0.05) is 6.92 Å². The fraction of sp³-hybridized carbons (Fsp3) is 0.600. The van der Waals surface area contributed by atoms with E-state index < -0.39 is 11.6 Å². The van der Waals surface area contributed by atoms with Gasteiger partial charge in [-0.1, -0.05) is 17.9 Å². The number of hydrogen-bond acceptors (Lipinski definition) is 4. The fourth-order valence-electron chi connectivity index (χ4n) is 3.30. The monoisotopic (exact) mass is 356 g/mol. The Bertz CT molecular complexity index is 661. The maximum Gasteiger partial charge on any atom is 0.496 e. The first-order valence-corrected chi connectivity index (χ1v) is 8.59. The molecular weight excluding hydrogens is 332 g/mol. The zero-order valence-corrected chi connectivity index (χ0v) is 15.3. The quantitative estimate of drug-likeness (QED) is 0.317. The van der Waals surface area contributed by atoms with Crippen LogP contribution in [0.1, 0.15) is 39.5 Å². The van der Waals surface area contributed by atoms with Crippen LogP contribution < -0.4 is 0 Å². The summed E-state index contributed by atoms with van der Waals surface area (Å²) in [6.07, 6.45) is 3.48. The van der Waals surface area contributed by atoms with Crippen molar-refractivity contribution < 1.29 is 19.1 Å². The lowest BCUT2D eigenvalue weighted by atomic mass is 9.68. The van der Waals surface area contributed by atoms with E-state index in [4.69, 9.17) is 22.6 Å². The molecule has 0 aromatic carbocycles. The molecule has 0 radical (unpaired) electrons. The van der Waals surface area contributed by atoms with Crippen LogP contribution in [0.15, 0.2) is 12.7 Å². The van der Waals surface area contributed by atoms with Crippen LogP contribution in [0.5, 0.6) is 0 Å². The van der Waals surface area contributed by atoms with Gasteiger partial charge in [0.1, 0.15) is 5.92 Å². The normalized spacial score (nSPS) is 21.9. The summed E-state index contributed by atoms with van der Waals surface area (Å²) < 4.78 is 9.84. The third-order valence-electron chi connectivity index (χ3n) is 4.62. The van der Waals surface area contributed by atoms with Gasteiger partial charge in [-0.05, 0) is 32.1 Å². The minimum absolute atomic E-state index is 0.0537. The van der Waals surface area contributed by atoms with Gasteiger partial charge >= 0.3 is 17.6 Å². The van der Waals surface area contributed by atoms with Gasteiger partial charge in [0.25, 0.3) is 0 Å². The molecule has 0 amide bonds. The highest BCUT2D eigenvalue weighted by Crippen LogP contribution is 2.45. The Kier molecular flexibility index (Phi) is 8.40. The second kappa shape index (κ2) is 10.3. The fourth-order valence-corrected chi connectivity index (χ4v) is 3.30. The number of rotatable bonds is 6. The standard InChI is InChI=1S/C20H24N2O4/c1-6-16-14-17(19(24)25-7-2)10-11-18(16)20(21-4,22-5)12-8-9-13-26-15(3)23/h6,16-18H,1,7,10-14H2,2-3H3/t16-,17+,18+/m1/s1. The Morgan fingerprint density at radius 3 is 2.50 bits per heavy atom. The zero-order valence-electron chi connectivity index (χ0n) is 15.3. The number of carbonyl (C=O) groups is 2. The number of carbonyl (C=O) groups excluding carboxylic acids is 2. The second-order valence-electron chi connectivity index (χ2n) is 6.18. The van der Waals surface area contributed by atoms with Gasteiger partial charge in [-0.25, -0.2) is 22.8 Å². The maximum absolute atomic E-state index is 12.0. The van der Waals surface area contributed by atoms with Gasteiger partial charge in [0.2, 0.25) is 0 Å². The van der Waals surface area contributed by atoms with Crippen LogP contribution in [0, 0.1) is 42.7 Å². The van der Waals surface area contributed by atoms with Crippen LogP contribution >= 0.6 is 0 Å². The molecule has 26 heavy (non-hydrogen) atoms. The summed E-state index contributed by atoms with van der Waals surface area (Å²) in [5.74, 6) is 4.22. The molecule has 0 unspecified atom stereocenters. The van der Waals surface area contributed by atoms with Crippen molar-refractivity contribution in [2.75, 3.05) is 13.2 Å². The zero-order chi connectivity index (χ0) is 19.6. The lowest BCUT2D eigenvalue weighted by Crippen LogP contribution is -2.41. The summed E-state index contributed by atoms with van der Waals surface area (Å²) in [4.78, 5) is 30.0. The van der Waals surface area contributed by atoms with Crippen molar-refractivity contribution >= 4 is 11.9 Å². The van der Waals surface area contributed by atoms with Gasteiger partial charge in [-0.3, -0.25) is 9.59 Å². The van der Waals surface area contributed by atoms with Gasteiger partial charge < -0.3 is 9.47 Å². The van der Waals surface area contributed by atoms with E-state index in [2.05, 4.69) is 28.1 Å². The molecule has 3 atom stereocenters. The summed E-state index contributed by atoms with van der Waals surface area (Å²) in [6.45, 7) is 22.4. The van der Waals surface area contributed by atoms with Gasteiger partial charge in [0.05, 0.1) is 12.5 Å². The van der Waals surface area contributed by atoms with Crippen LogP contribution in [-0.2, 0) is 19.1 Å². The highest BCUT2D eigenvalue weighted by Gasteiger charge is 2.56. The predicted octanol–water partition coefficient (Wildman–Crippen LogP) is 3.26. The smallest absolute Gasteiger partial charge is 0.466 e. The third-order valence-corrected chi connectivity index (χ3v) is 4.62. The summed E-state index contributed by atoms with van der Waals surface area (Å²) in [5, 5.41) is 0. The Balaban J connectivity index is 2.90. The molecule has 0 spiro atoms. The van der Waals surface area contributed by atoms with E-state index in [-0.39, 0.29) is 36.8 Å². The summed E-state index contributed by atoms with van der Waals surface area (Å²) in [7, 11) is 0. The van der Waals surface area contributed by atoms with Gasteiger partial charge in [-0.15, -0.1) is 6.58 Å². The number of nitrogens with zero attached hydrogens (tertiary/aromatic N) is 2. The topological polar surface area (TPSA) is 61.3 Å². The van der Waals surface area contributed by atoms with Crippen LogP contribution in [0.3, 0.4) is 0 Å². The van der Waals surface area contributed by atoms with E-state index in [0.29, 0.717) is 25.9 Å². The van der Waals surface area contributed by atoms with Gasteiger partial charge in [0.15, 0.2) is 13.0 Å². The van der Waals surface area contributed by atoms with E-state index in [1.807, 2.05) is 0 Å². The molecule has 0 aromatic rings. The molecule has 0 aromatic heterocycles. The number of ether oxygens (including phenoxy) is 2. The number of hydrogen-bond donors (Lipinski definition) is 0. The van der Waals surface area contributed by atoms with Crippen molar-refractivity contribution in [2.45, 2.75) is 45.2 Å². The molecule has 0 bridgehead atoms. The SMILES string of the molecule is [C-]#[N+]C(CC#CCOC(C)=O)([N+]#[C-])[C@H]1CC[C@H](C(=O)OCC)C[C@H]1C=C. The number of allylic oxidation sites excluding steroid dienone is 1. The van der Waals surface area contributed by atoms with Crippen LogP contribution in [0.4, 0.5) is 0 Å². The lowest BCUT2D eigenvalue weighted by Gasteiger charge is -2.33. The van der Waals surface area contributed by atoms with E-state index in [0.717, 1.165) is 0 Å². The summed E-state index contributed by atoms with van der Waals surface area (Å²) >= 11 is 0. The Morgan fingerprint density at radius 2 is 1.96 bits per heavy atom. The molecule has 138 valence electrons. The Hall–Kier alpha value is -2.78. The molecule has 1 rings (SSSR count). The summed E-state index contributed by atoms with van der Waals surface area (Å²) in [6, 6.07) is 0. The molecule has 0 aliphatic heterocycles. The summed E-state index contributed by atoms with van der Waals surface area (Å²) in [5.41, 5.74) is -1.32. The third kappa shape index (κ3) is 5.36. The molecule has 6 nitrogen and oxygen atoms in total. The predicted molar refractivity (Wildman–Crippen MR) is 96.1 cm³/mol. The largest absolute Gasteiger partial charge is 0.496 e. The molecular formula is C20H24N2O4. The highest BCUT2D eigenvalue weighted by molar-refractivity contribution is 5.72. The van der Waals surface area contributed by atoms with Crippen LogP contribution in [0.2, 0.25) is 0 Å².